The van der Waals surface area contributed by atoms with Crippen LogP contribution in [0, 0.1) is 6.92 Å². The Balaban J connectivity index is 1.76. The molecular formula is C29H20N4. The van der Waals surface area contributed by atoms with Gasteiger partial charge in [-0.05, 0) is 48.9 Å². The van der Waals surface area contributed by atoms with E-state index in [0.29, 0.717) is 0 Å². The second-order valence-corrected chi connectivity index (χ2v) is 8.45. The summed E-state index contributed by atoms with van der Waals surface area (Å²) in [5.74, 6) is 0.922. The molecule has 0 atom stereocenters. The topological polar surface area (TPSA) is 35.6 Å². The molecule has 0 spiro atoms. The van der Waals surface area contributed by atoms with Gasteiger partial charge >= 0.3 is 0 Å². The molecule has 0 aliphatic heterocycles. The highest BCUT2D eigenvalue weighted by molar-refractivity contribution is 6.24. The van der Waals surface area contributed by atoms with E-state index in [4.69, 9.17) is 9.97 Å². The Hall–Kier alpha value is -4.44. The molecule has 0 aliphatic carbocycles. The summed E-state index contributed by atoms with van der Waals surface area (Å²) < 4.78 is 4.55. The molecule has 0 saturated carbocycles. The van der Waals surface area contributed by atoms with Crippen molar-refractivity contribution in [3.8, 4) is 11.5 Å². The van der Waals surface area contributed by atoms with Crippen LogP contribution in [-0.4, -0.2) is 19.1 Å². The van der Waals surface area contributed by atoms with Gasteiger partial charge in [0.05, 0.1) is 21.9 Å². The van der Waals surface area contributed by atoms with E-state index >= 15 is 0 Å². The minimum Gasteiger partial charge on any atom is -0.294 e. The third-order valence-electron chi connectivity index (χ3n) is 6.46. The zero-order valence-corrected chi connectivity index (χ0v) is 18.1. The van der Waals surface area contributed by atoms with Gasteiger partial charge in [0.1, 0.15) is 11.5 Å². The van der Waals surface area contributed by atoms with Crippen molar-refractivity contribution in [2.45, 2.75) is 6.92 Å². The number of aromatic nitrogens is 4. The van der Waals surface area contributed by atoms with E-state index in [1.54, 1.807) is 0 Å². The molecule has 0 aliphatic rings. The summed E-state index contributed by atoms with van der Waals surface area (Å²) in [4.78, 5) is 9.80. The van der Waals surface area contributed by atoms with Crippen molar-refractivity contribution in [2.24, 2.45) is 0 Å². The van der Waals surface area contributed by atoms with Crippen LogP contribution in [0.15, 0.2) is 103 Å². The molecule has 4 aromatic heterocycles. The summed E-state index contributed by atoms with van der Waals surface area (Å²) in [5.41, 5.74) is 6.66. The Bertz CT molecular complexity index is 1820. The molecule has 4 heteroatoms. The van der Waals surface area contributed by atoms with E-state index in [1.807, 2.05) is 24.5 Å². The largest absolute Gasteiger partial charge is 0.294 e. The standard InChI is InChI=1S/C29H20N4/c1-19-15-16-30-26(17-19)33-24-13-7-5-11-21(24)23-18-31-29-27(28(23)33)22-12-6-8-14-25(22)32(29)20-9-3-2-4-10-20/h2-18H,1H3. The first-order chi connectivity index (χ1) is 16.3. The van der Waals surface area contributed by atoms with Gasteiger partial charge in [-0.15, -0.1) is 0 Å². The van der Waals surface area contributed by atoms with Crippen molar-refractivity contribution >= 4 is 43.7 Å². The highest BCUT2D eigenvalue weighted by atomic mass is 15.1. The average molecular weight is 425 g/mol. The number of aryl methyl sites for hydroxylation is 1. The van der Waals surface area contributed by atoms with Crippen LogP contribution in [0.2, 0.25) is 0 Å². The number of benzene rings is 3. The van der Waals surface area contributed by atoms with E-state index in [-0.39, 0.29) is 0 Å². The van der Waals surface area contributed by atoms with Crippen LogP contribution >= 0.6 is 0 Å². The first kappa shape index (κ1) is 18.2. The van der Waals surface area contributed by atoms with Gasteiger partial charge in [0.25, 0.3) is 0 Å². The molecule has 0 amide bonds. The van der Waals surface area contributed by atoms with Crippen LogP contribution in [0.5, 0.6) is 0 Å². The number of fused-ring (bicyclic) bond motifs is 7. The van der Waals surface area contributed by atoms with E-state index in [0.717, 1.165) is 44.5 Å². The zero-order valence-electron chi connectivity index (χ0n) is 18.1. The number of nitrogens with zero attached hydrogens (tertiary/aromatic N) is 4. The summed E-state index contributed by atoms with van der Waals surface area (Å²) in [5, 5.41) is 4.65. The Morgan fingerprint density at radius 3 is 2.12 bits per heavy atom. The predicted molar refractivity (Wildman–Crippen MR) is 135 cm³/mol. The van der Waals surface area contributed by atoms with Crippen LogP contribution in [0.1, 0.15) is 5.56 Å². The monoisotopic (exact) mass is 424 g/mol. The van der Waals surface area contributed by atoms with Crippen LogP contribution in [0.4, 0.5) is 0 Å². The highest BCUT2D eigenvalue weighted by Crippen LogP contribution is 2.40. The molecule has 0 radical (unpaired) electrons. The van der Waals surface area contributed by atoms with Crippen LogP contribution < -0.4 is 0 Å². The van der Waals surface area contributed by atoms with Crippen molar-refractivity contribution in [3.63, 3.8) is 0 Å². The van der Waals surface area contributed by atoms with Crippen molar-refractivity contribution in [3.05, 3.63) is 109 Å². The lowest BCUT2D eigenvalue weighted by Gasteiger charge is -2.09. The van der Waals surface area contributed by atoms with Crippen molar-refractivity contribution in [1.82, 2.24) is 19.1 Å². The zero-order chi connectivity index (χ0) is 21.9. The molecule has 3 aromatic carbocycles. The third-order valence-corrected chi connectivity index (χ3v) is 6.46. The predicted octanol–water partition coefficient (Wildman–Crippen LogP) is 6.98. The second kappa shape index (κ2) is 6.78. The minimum absolute atomic E-state index is 0.922. The van der Waals surface area contributed by atoms with Crippen molar-refractivity contribution < 1.29 is 0 Å². The van der Waals surface area contributed by atoms with Gasteiger partial charge in [-0.3, -0.25) is 9.13 Å². The van der Waals surface area contributed by atoms with E-state index in [2.05, 4.69) is 94.9 Å². The van der Waals surface area contributed by atoms with Crippen LogP contribution in [-0.2, 0) is 0 Å². The minimum atomic E-state index is 0.922. The number of rotatable bonds is 2. The Labute approximate surface area is 190 Å². The number of para-hydroxylation sites is 3. The lowest BCUT2D eigenvalue weighted by atomic mass is 10.1. The van der Waals surface area contributed by atoms with Crippen LogP contribution in [0.25, 0.3) is 55.2 Å². The molecule has 4 nitrogen and oxygen atoms in total. The first-order valence-corrected chi connectivity index (χ1v) is 11.1. The molecule has 0 bridgehead atoms. The molecule has 0 N–H and O–H groups in total. The maximum atomic E-state index is 5.03. The van der Waals surface area contributed by atoms with E-state index < -0.39 is 0 Å². The molecular weight excluding hydrogens is 404 g/mol. The normalized spacial score (nSPS) is 11.8. The summed E-state index contributed by atoms with van der Waals surface area (Å²) in [7, 11) is 0. The van der Waals surface area contributed by atoms with Gasteiger partial charge in [0.15, 0.2) is 0 Å². The number of pyridine rings is 2. The van der Waals surface area contributed by atoms with Gasteiger partial charge in [0.2, 0.25) is 0 Å². The fraction of sp³-hybridized carbons (Fsp3) is 0.0345. The van der Waals surface area contributed by atoms with E-state index in [1.165, 1.54) is 16.3 Å². The molecule has 33 heavy (non-hydrogen) atoms. The lowest BCUT2D eigenvalue weighted by molar-refractivity contribution is 1.07. The molecule has 4 heterocycles. The summed E-state index contributed by atoms with van der Waals surface area (Å²) in [6.07, 6.45) is 3.90. The summed E-state index contributed by atoms with van der Waals surface area (Å²) in [6.45, 7) is 2.11. The van der Waals surface area contributed by atoms with Gasteiger partial charge < -0.3 is 0 Å². The lowest BCUT2D eigenvalue weighted by Crippen LogP contribution is -1.99. The van der Waals surface area contributed by atoms with Gasteiger partial charge in [-0.2, -0.15) is 0 Å². The van der Waals surface area contributed by atoms with Gasteiger partial charge in [0, 0.05) is 34.2 Å². The maximum absolute atomic E-state index is 5.03. The molecule has 156 valence electrons. The fourth-order valence-corrected chi connectivity index (χ4v) is 5.07. The summed E-state index contributed by atoms with van der Waals surface area (Å²) >= 11 is 0. The average Bonchev–Trinajstić information content (AvgIpc) is 3.37. The number of hydrogen-bond donors (Lipinski definition) is 0. The first-order valence-electron chi connectivity index (χ1n) is 11.1. The smallest absolute Gasteiger partial charge is 0.147 e. The van der Waals surface area contributed by atoms with Crippen molar-refractivity contribution in [2.75, 3.05) is 0 Å². The molecule has 0 saturated heterocycles. The second-order valence-electron chi connectivity index (χ2n) is 8.45. The molecule has 0 fully saturated rings. The fourth-order valence-electron chi connectivity index (χ4n) is 5.07. The van der Waals surface area contributed by atoms with Crippen LogP contribution in [0.3, 0.4) is 0 Å². The summed E-state index contributed by atoms with van der Waals surface area (Å²) in [6, 6.07) is 31.7. The van der Waals surface area contributed by atoms with E-state index in [9.17, 15) is 0 Å². The third kappa shape index (κ3) is 2.52. The molecule has 0 unspecified atom stereocenters. The number of hydrogen-bond acceptors (Lipinski definition) is 2. The van der Waals surface area contributed by atoms with Gasteiger partial charge in [-0.25, -0.2) is 9.97 Å². The SMILES string of the molecule is Cc1ccnc(-n2c3ccccc3c3cnc4c(c5ccccc5n4-c4ccccc4)c32)c1. The maximum Gasteiger partial charge on any atom is 0.147 e. The quantitative estimate of drug-likeness (QED) is 0.300. The van der Waals surface area contributed by atoms with Gasteiger partial charge in [-0.1, -0.05) is 54.6 Å². The molecule has 7 rings (SSSR count). The Morgan fingerprint density at radius 1 is 0.636 bits per heavy atom. The highest BCUT2D eigenvalue weighted by Gasteiger charge is 2.21. The Morgan fingerprint density at radius 2 is 1.33 bits per heavy atom. The Kier molecular flexibility index (Phi) is 3.73. The molecule has 7 aromatic rings. The van der Waals surface area contributed by atoms with Crippen molar-refractivity contribution in [1.29, 1.82) is 0 Å².